The lowest BCUT2D eigenvalue weighted by molar-refractivity contribution is 0.0677. The monoisotopic (exact) mass is 424 g/mol. The first-order chi connectivity index (χ1) is 14.5. The van der Waals surface area contributed by atoms with Crippen LogP contribution in [-0.4, -0.2) is 36.1 Å². The number of aryl methyl sites for hydroxylation is 3. The molecule has 0 N–H and O–H groups in total. The number of rotatable bonds is 9. The molecule has 1 aromatic heterocycles. The first-order valence-electron chi connectivity index (χ1n) is 9.94. The van der Waals surface area contributed by atoms with Gasteiger partial charge < -0.3 is 14.4 Å². The van der Waals surface area contributed by atoms with Gasteiger partial charge in [0, 0.05) is 24.6 Å². The molecule has 0 fully saturated rings. The lowest BCUT2D eigenvalue weighted by atomic mass is 10.1. The molecule has 0 bridgehead atoms. The van der Waals surface area contributed by atoms with Crippen molar-refractivity contribution < 1.29 is 14.3 Å². The van der Waals surface area contributed by atoms with Crippen LogP contribution in [0, 0.1) is 20.8 Å². The van der Waals surface area contributed by atoms with Crippen molar-refractivity contribution in [1.29, 1.82) is 0 Å². The fraction of sp³-hybridized carbons (Fsp3) is 0.333. The minimum Gasteiger partial charge on any atom is -0.486 e. The van der Waals surface area contributed by atoms with Crippen LogP contribution in [0.4, 0.5) is 0 Å². The number of amides is 1. The summed E-state index contributed by atoms with van der Waals surface area (Å²) in [6, 6.07) is 13.8. The zero-order valence-corrected chi connectivity index (χ0v) is 18.8. The largest absolute Gasteiger partial charge is 0.486 e. The van der Waals surface area contributed by atoms with Gasteiger partial charge in [0.15, 0.2) is 0 Å². The van der Waals surface area contributed by atoms with E-state index in [1.165, 1.54) is 11.1 Å². The van der Waals surface area contributed by atoms with E-state index in [-0.39, 0.29) is 5.91 Å². The summed E-state index contributed by atoms with van der Waals surface area (Å²) in [6.07, 6.45) is 0. The van der Waals surface area contributed by atoms with Crippen molar-refractivity contribution in [2.24, 2.45) is 0 Å². The Bertz CT molecular complexity index is 979. The molecule has 0 spiro atoms. The molecule has 0 radical (unpaired) electrons. The lowest BCUT2D eigenvalue weighted by Gasteiger charge is -2.22. The third-order valence-electron chi connectivity index (χ3n) is 4.74. The predicted molar refractivity (Wildman–Crippen MR) is 120 cm³/mol. The molecule has 0 aliphatic heterocycles. The van der Waals surface area contributed by atoms with Crippen molar-refractivity contribution in [3.05, 3.63) is 80.8 Å². The second-order valence-corrected chi connectivity index (χ2v) is 8.32. The molecule has 5 nitrogen and oxygen atoms in total. The number of hydrogen-bond donors (Lipinski definition) is 0. The summed E-state index contributed by atoms with van der Waals surface area (Å²) in [4.78, 5) is 19.5. The van der Waals surface area contributed by atoms with Gasteiger partial charge in [0.1, 0.15) is 17.4 Å². The summed E-state index contributed by atoms with van der Waals surface area (Å²) in [7, 11) is 1.64. The van der Waals surface area contributed by atoms with Crippen LogP contribution in [0.3, 0.4) is 0 Å². The molecule has 0 saturated heterocycles. The van der Waals surface area contributed by atoms with E-state index in [1.54, 1.807) is 23.3 Å². The van der Waals surface area contributed by atoms with Gasteiger partial charge in [0.25, 0.3) is 5.91 Å². The Morgan fingerprint density at radius 2 is 1.83 bits per heavy atom. The Hall–Kier alpha value is -2.70. The Balaban J connectivity index is 1.67. The maximum atomic E-state index is 13.1. The third-order valence-corrected chi connectivity index (χ3v) is 5.61. The molecule has 1 amide bonds. The molecule has 30 heavy (non-hydrogen) atoms. The number of nitrogens with zero attached hydrogens (tertiary/aromatic N) is 2. The van der Waals surface area contributed by atoms with E-state index in [4.69, 9.17) is 9.47 Å². The zero-order valence-electron chi connectivity index (χ0n) is 18.0. The minimum absolute atomic E-state index is 0.00816. The van der Waals surface area contributed by atoms with Crippen LogP contribution in [0.15, 0.2) is 47.8 Å². The second-order valence-electron chi connectivity index (χ2n) is 7.38. The number of ether oxygens (including phenoxy) is 2. The molecule has 1 heterocycles. The van der Waals surface area contributed by atoms with Gasteiger partial charge in [-0.2, -0.15) is 0 Å². The van der Waals surface area contributed by atoms with E-state index in [1.807, 2.05) is 48.7 Å². The summed E-state index contributed by atoms with van der Waals surface area (Å²) in [5, 5.41) is 2.88. The molecule has 0 atom stereocenters. The molecule has 158 valence electrons. The van der Waals surface area contributed by atoms with Crippen LogP contribution >= 0.6 is 11.3 Å². The SMILES string of the molecule is COCCN(Cc1csc(COc2cc(C)cc(C)c2)n1)C(=O)c1ccccc1C. The minimum atomic E-state index is -0.00816. The molecule has 6 heteroatoms. The molecule has 0 aliphatic carbocycles. The summed E-state index contributed by atoms with van der Waals surface area (Å²) in [6.45, 7) is 7.91. The van der Waals surface area contributed by atoms with E-state index in [9.17, 15) is 4.79 Å². The Morgan fingerprint density at radius 3 is 2.53 bits per heavy atom. The van der Waals surface area contributed by atoms with Crippen molar-refractivity contribution in [3.8, 4) is 5.75 Å². The van der Waals surface area contributed by atoms with E-state index < -0.39 is 0 Å². The number of carbonyl (C=O) groups excluding carboxylic acids is 1. The Morgan fingerprint density at radius 1 is 1.10 bits per heavy atom. The van der Waals surface area contributed by atoms with Crippen LogP contribution in [0.1, 0.15) is 37.7 Å². The fourth-order valence-corrected chi connectivity index (χ4v) is 3.98. The van der Waals surface area contributed by atoms with Crippen molar-refractivity contribution in [2.45, 2.75) is 33.9 Å². The number of benzene rings is 2. The average Bonchev–Trinajstić information content (AvgIpc) is 3.16. The average molecular weight is 425 g/mol. The number of thiazole rings is 1. The van der Waals surface area contributed by atoms with Gasteiger partial charge >= 0.3 is 0 Å². The van der Waals surface area contributed by atoms with Crippen LogP contribution in [-0.2, 0) is 17.9 Å². The molecule has 0 saturated carbocycles. The molecule has 0 unspecified atom stereocenters. The maximum Gasteiger partial charge on any atom is 0.254 e. The molecule has 0 aliphatic rings. The second kappa shape index (κ2) is 10.4. The van der Waals surface area contributed by atoms with Gasteiger partial charge in [-0.15, -0.1) is 11.3 Å². The summed E-state index contributed by atoms with van der Waals surface area (Å²) in [5.74, 6) is 0.840. The summed E-state index contributed by atoms with van der Waals surface area (Å²) >= 11 is 1.55. The molecular weight excluding hydrogens is 396 g/mol. The van der Waals surface area contributed by atoms with Crippen molar-refractivity contribution in [2.75, 3.05) is 20.3 Å². The van der Waals surface area contributed by atoms with Crippen LogP contribution in [0.2, 0.25) is 0 Å². The highest BCUT2D eigenvalue weighted by molar-refractivity contribution is 7.09. The molecule has 3 aromatic rings. The Labute approximate surface area is 182 Å². The highest BCUT2D eigenvalue weighted by atomic mass is 32.1. The van der Waals surface area contributed by atoms with E-state index in [2.05, 4.69) is 24.9 Å². The quantitative estimate of drug-likeness (QED) is 0.488. The van der Waals surface area contributed by atoms with Gasteiger partial charge in [-0.25, -0.2) is 4.98 Å². The van der Waals surface area contributed by atoms with Crippen LogP contribution in [0.5, 0.6) is 5.75 Å². The topological polar surface area (TPSA) is 51.7 Å². The van der Waals surface area contributed by atoms with E-state index in [0.29, 0.717) is 31.9 Å². The molecule has 2 aromatic carbocycles. The highest BCUT2D eigenvalue weighted by Crippen LogP contribution is 2.20. The van der Waals surface area contributed by atoms with Gasteiger partial charge in [-0.3, -0.25) is 4.79 Å². The standard InChI is InChI=1S/C24H28N2O3S/c1-17-11-18(2)13-21(12-17)29-15-23-25-20(16-30-23)14-26(9-10-28-4)24(27)22-8-6-5-7-19(22)3/h5-8,11-13,16H,9-10,14-15H2,1-4H3. The fourth-order valence-electron chi connectivity index (χ4n) is 3.28. The van der Waals surface area contributed by atoms with Gasteiger partial charge in [-0.1, -0.05) is 24.3 Å². The first kappa shape index (κ1) is 22.0. The van der Waals surface area contributed by atoms with Crippen LogP contribution in [0.25, 0.3) is 0 Å². The number of hydrogen-bond acceptors (Lipinski definition) is 5. The highest BCUT2D eigenvalue weighted by Gasteiger charge is 2.19. The summed E-state index contributed by atoms with van der Waals surface area (Å²) in [5.41, 5.74) is 4.88. The first-order valence-corrected chi connectivity index (χ1v) is 10.8. The van der Waals surface area contributed by atoms with E-state index in [0.717, 1.165) is 22.0 Å². The van der Waals surface area contributed by atoms with Crippen LogP contribution < -0.4 is 4.74 Å². The zero-order chi connectivity index (χ0) is 21.5. The van der Waals surface area contributed by atoms with Gasteiger partial charge in [-0.05, 0) is 55.7 Å². The van der Waals surface area contributed by atoms with Crippen molar-refractivity contribution in [3.63, 3.8) is 0 Å². The maximum absolute atomic E-state index is 13.1. The predicted octanol–water partition coefficient (Wildman–Crippen LogP) is 4.94. The van der Waals surface area contributed by atoms with Crippen molar-refractivity contribution in [1.82, 2.24) is 9.88 Å². The smallest absolute Gasteiger partial charge is 0.254 e. The molecular formula is C24H28N2O3S. The van der Waals surface area contributed by atoms with Gasteiger partial charge in [0.2, 0.25) is 0 Å². The van der Waals surface area contributed by atoms with Gasteiger partial charge in [0.05, 0.1) is 18.8 Å². The normalized spacial score (nSPS) is 10.8. The van der Waals surface area contributed by atoms with Crippen molar-refractivity contribution >= 4 is 17.2 Å². The third kappa shape index (κ3) is 5.90. The number of aromatic nitrogens is 1. The Kier molecular flexibility index (Phi) is 7.60. The summed E-state index contributed by atoms with van der Waals surface area (Å²) < 4.78 is 11.1. The lowest BCUT2D eigenvalue weighted by Crippen LogP contribution is -2.34. The number of carbonyl (C=O) groups is 1. The van der Waals surface area contributed by atoms with E-state index >= 15 is 0 Å². The molecule has 3 rings (SSSR count). The number of methoxy groups -OCH3 is 1.